The van der Waals surface area contributed by atoms with E-state index in [-0.39, 0.29) is 16.7 Å². The highest BCUT2D eigenvalue weighted by Crippen LogP contribution is 2.33. The van der Waals surface area contributed by atoms with Gasteiger partial charge in [-0.05, 0) is 37.9 Å². The highest BCUT2D eigenvalue weighted by molar-refractivity contribution is 5.53. The molecule has 0 radical (unpaired) electrons. The third-order valence-electron chi connectivity index (χ3n) is 2.90. The number of hydrogen-bond acceptors (Lipinski definition) is 4. The lowest BCUT2D eigenvalue weighted by molar-refractivity contribution is -0.386. The molecule has 0 unspecified atom stereocenters. The van der Waals surface area contributed by atoms with Gasteiger partial charge in [0.15, 0.2) is 5.75 Å². The summed E-state index contributed by atoms with van der Waals surface area (Å²) in [5.74, 6) is 0.411. The van der Waals surface area contributed by atoms with Crippen LogP contribution in [-0.4, -0.2) is 24.1 Å². The number of rotatable bonds is 3. The van der Waals surface area contributed by atoms with Crippen molar-refractivity contribution in [1.82, 2.24) is 5.32 Å². The minimum absolute atomic E-state index is 0.0371. The minimum Gasteiger partial charge on any atom is -0.482 e. The average molecular weight is 236 g/mol. The van der Waals surface area contributed by atoms with Gasteiger partial charge in [-0.25, -0.2) is 0 Å². The largest absolute Gasteiger partial charge is 0.482 e. The summed E-state index contributed by atoms with van der Waals surface area (Å²) in [6, 6.07) is 3.47. The van der Waals surface area contributed by atoms with Crippen LogP contribution in [0, 0.1) is 24.0 Å². The second-order valence-electron chi connectivity index (χ2n) is 4.42. The van der Waals surface area contributed by atoms with Gasteiger partial charge in [0.05, 0.1) is 4.92 Å². The Morgan fingerprint density at radius 3 is 2.82 bits per heavy atom. The Bertz CT molecular complexity index is 440. The van der Waals surface area contributed by atoms with Crippen molar-refractivity contribution in [2.75, 3.05) is 13.1 Å². The predicted molar refractivity (Wildman–Crippen MR) is 64.5 cm³/mol. The lowest BCUT2D eigenvalue weighted by Gasteiger charge is -2.15. The van der Waals surface area contributed by atoms with Crippen LogP contribution in [0.4, 0.5) is 5.69 Å². The number of nitrogens with one attached hydrogen (secondary N) is 1. The third-order valence-corrected chi connectivity index (χ3v) is 2.90. The Kier molecular flexibility index (Phi) is 3.28. The molecule has 1 aromatic carbocycles. The van der Waals surface area contributed by atoms with Crippen LogP contribution >= 0.6 is 0 Å². The van der Waals surface area contributed by atoms with Crippen LogP contribution in [0.3, 0.4) is 0 Å². The SMILES string of the molecule is Cc1cc(C)c(O[C@H]2CCNC2)c([N+](=O)[O-])c1. The van der Waals surface area contributed by atoms with E-state index in [2.05, 4.69) is 5.32 Å². The maximum Gasteiger partial charge on any atom is 0.311 e. The van der Waals surface area contributed by atoms with Crippen LogP contribution in [0.25, 0.3) is 0 Å². The maximum atomic E-state index is 11.0. The van der Waals surface area contributed by atoms with Gasteiger partial charge in [-0.1, -0.05) is 6.07 Å². The van der Waals surface area contributed by atoms with Crippen LogP contribution in [0.5, 0.6) is 5.75 Å². The fraction of sp³-hybridized carbons (Fsp3) is 0.500. The standard InChI is InChI=1S/C12H16N2O3/c1-8-5-9(2)12(11(6-8)14(15)16)17-10-3-4-13-7-10/h5-6,10,13H,3-4,7H2,1-2H3/t10-/m0/s1. The van der Waals surface area contributed by atoms with Gasteiger partial charge in [0.1, 0.15) is 6.10 Å². The van der Waals surface area contributed by atoms with E-state index in [0.717, 1.165) is 30.6 Å². The molecule has 0 bridgehead atoms. The van der Waals surface area contributed by atoms with Crippen LogP contribution in [0.2, 0.25) is 0 Å². The van der Waals surface area contributed by atoms with Crippen molar-refractivity contribution >= 4 is 5.69 Å². The summed E-state index contributed by atoms with van der Waals surface area (Å²) in [5, 5.41) is 14.2. The normalized spacial score (nSPS) is 19.3. The van der Waals surface area contributed by atoms with E-state index >= 15 is 0 Å². The molecule has 0 amide bonds. The smallest absolute Gasteiger partial charge is 0.311 e. The maximum absolute atomic E-state index is 11.0. The van der Waals surface area contributed by atoms with Gasteiger partial charge in [0, 0.05) is 12.6 Å². The molecule has 1 aromatic rings. The summed E-state index contributed by atoms with van der Waals surface area (Å²) >= 11 is 0. The molecular formula is C12H16N2O3. The Labute approximate surface area is 99.9 Å². The van der Waals surface area contributed by atoms with Gasteiger partial charge in [0.25, 0.3) is 0 Å². The second-order valence-corrected chi connectivity index (χ2v) is 4.42. The topological polar surface area (TPSA) is 64.4 Å². The van der Waals surface area contributed by atoms with E-state index in [1.807, 2.05) is 19.9 Å². The van der Waals surface area contributed by atoms with E-state index in [1.165, 1.54) is 0 Å². The lowest BCUT2D eigenvalue weighted by Crippen LogP contribution is -2.20. The second kappa shape index (κ2) is 4.71. The summed E-state index contributed by atoms with van der Waals surface area (Å²) < 4.78 is 5.75. The molecule has 17 heavy (non-hydrogen) atoms. The number of nitro benzene ring substituents is 1. The van der Waals surface area contributed by atoms with Crippen molar-refractivity contribution in [1.29, 1.82) is 0 Å². The first-order valence-electron chi connectivity index (χ1n) is 5.71. The van der Waals surface area contributed by atoms with Crippen molar-refractivity contribution in [3.05, 3.63) is 33.4 Å². The molecular weight excluding hydrogens is 220 g/mol. The zero-order chi connectivity index (χ0) is 12.4. The van der Waals surface area contributed by atoms with E-state index in [4.69, 9.17) is 4.74 Å². The summed E-state index contributed by atoms with van der Waals surface area (Å²) in [5.41, 5.74) is 1.77. The monoisotopic (exact) mass is 236 g/mol. The van der Waals surface area contributed by atoms with E-state index < -0.39 is 0 Å². The minimum atomic E-state index is -0.377. The van der Waals surface area contributed by atoms with Crippen molar-refractivity contribution in [2.24, 2.45) is 0 Å². The van der Waals surface area contributed by atoms with Gasteiger partial charge in [0.2, 0.25) is 0 Å². The molecule has 0 aromatic heterocycles. The quantitative estimate of drug-likeness (QED) is 0.643. The zero-order valence-electron chi connectivity index (χ0n) is 10.0. The number of aryl methyl sites for hydroxylation is 2. The Hall–Kier alpha value is -1.62. The van der Waals surface area contributed by atoms with Gasteiger partial charge < -0.3 is 10.1 Å². The molecule has 0 spiro atoms. The van der Waals surface area contributed by atoms with E-state index in [9.17, 15) is 10.1 Å². The van der Waals surface area contributed by atoms with Crippen molar-refractivity contribution < 1.29 is 9.66 Å². The molecule has 1 fully saturated rings. The van der Waals surface area contributed by atoms with E-state index in [1.54, 1.807) is 6.07 Å². The average Bonchev–Trinajstić information content (AvgIpc) is 2.74. The first-order chi connectivity index (χ1) is 8.08. The molecule has 1 N–H and O–H groups in total. The number of benzene rings is 1. The summed E-state index contributed by atoms with van der Waals surface area (Å²) in [6.07, 6.45) is 0.930. The molecule has 5 heteroatoms. The van der Waals surface area contributed by atoms with Gasteiger partial charge in [-0.15, -0.1) is 0 Å². The Morgan fingerprint density at radius 2 is 2.24 bits per heavy atom. The number of ether oxygens (including phenoxy) is 1. The predicted octanol–water partition coefficient (Wildman–Crippen LogP) is 1.95. The lowest BCUT2D eigenvalue weighted by atomic mass is 10.1. The molecule has 0 aliphatic carbocycles. The molecule has 2 rings (SSSR count). The molecule has 0 saturated carbocycles. The summed E-state index contributed by atoms with van der Waals surface area (Å²) in [4.78, 5) is 10.6. The Balaban J connectivity index is 2.33. The molecule has 1 aliphatic heterocycles. The number of nitrogens with zero attached hydrogens (tertiary/aromatic N) is 1. The zero-order valence-corrected chi connectivity index (χ0v) is 10.0. The number of hydrogen-bond donors (Lipinski definition) is 1. The molecule has 92 valence electrons. The fourth-order valence-electron chi connectivity index (χ4n) is 2.12. The van der Waals surface area contributed by atoms with Gasteiger partial charge in [-0.2, -0.15) is 0 Å². The highest BCUT2D eigenvalue weighted by Gasteiger charge is 2.23. The van der Waals surface area contributed by atoms with Crippen LogP contribution in [-0.2, 0) is 0 Å². The third kappa shape index (κ3) is 2.55. The summed E-state index contributed by atoms with van der Waals surface area (Å²) in [7, 11) is 0. The first-order valence-corrected chi connectivity index (χ1v) is 5.71. The molecule has 1 saturated heterocycles. The van der Waals surface area contributed by atoms with Crippen LogP contribution in [0.1, 0.15) is 17.5 Å². The van der Waals surface area contributed by atoms with Crippen LogP contribution < -0.4 is 10.1 Å². The number of nitro groups is 1. The first kappa shape index (κ1) is 11.9. The molecule has 1 atom stereocenters. The van der Waals surface area contributed by atoms with Gasteiger partial charge >= 0.3 is 5.69 Å². The Morgan fingerprint density at radius 1 is 1.47 bits per heavy atom. The summed E-state index contributed by atoms with van der Waals surface area (Å²) in [6.45, 7) is 5.35. The van der Waals surface area contributed by atoms with Crippen molar-refractivity contribution in [2.45, 2.75) is 26.4 Å². The van der Waals surface area contributed by atoms with Gasteiger partial charge in [-0.3, -0.25) is 10.1 Å². The molecule has 1 aliphatic rings. The van der Waals surface area contributed by atoms with E-state index in [0.29, 0.717) is 5.75 Å². The van der Waals surface area contributed by atoms with Crippen molar-refractivity contribution in [3.63, 3.8) is 0 Å². The van der Waals surface area contributed by atoms with Crippen LogP contribution in [0.15, 0.2) is 12.1 Å². The molecule has 1 heterocycles. The fourth-order valence-corrected chi connectivity index (χ4v) is 2.12. The highest BCUT2D eigenvalue weighted by atomic mass is 16.6. The molecule has 5 nitrogen and oxygen atoms in total. The van der Waals surface area contributed by atoms with Crippen molar-refractivity contribution in [3.8, 4) is 5.75 Å².